The molecule has 1 atom stereocenters. The van der Waals surface area contributed by atoms with Gasteiger partial charge < -0.3 is 15.0 Å². The first kappa shape index (κ1) is 18.5. The third-order valence-electron chi connectivity index (χ3n) is 4.74. The standard InChI is InChI=1S/C16H27N5O.HI/c1-14-10-19-21(11-14)7-3-6-18-15(17-2)20-8-4-16(12-20)5-9-22-13-16;/h10-11H,3-9,12-13H2,1-2H3,(H,17,18);1H. The van der Waals surface area contributed by atoms with E-state index in [-0.39, 0.29) is 24.0 Å². The van der Waals surface area contributed by atoms with Crippen molar-refractivity contribution in [1.82, 2.24) is 20.0 Å². The van der Waals surface area contributed by atoms with Crippen LogP contribution in [-0.2, 0) is 11.3 Å². The summed E-state index contributed by atoms with van der Waals surface area (Å²) in [7, 11) is 1.87. The van der Waals surface area contributed by atoms with Crippen molar-refractivity contribution in [1.29, 1.82) is 0 Å². The zero-order valence-electron chi connectivity index (χ0n) is 14.1. The van der Waals surface area contributed by atoms with Gasteiger partial charge in [-0.05, 0) is 31.7 Å². The molecule has 6 nitrogen and oxygen atoms in total. The third kappa shape index (κ3) is 4.59. The number of halogens is 1. The number of hydrogen-bond acceptors (Lipinski definition) is 3. The number of aromatic nitrogens is 2. The number of aryl methyl sites for hydroxylation is 2. The second-order valence-electron chi connectivity index (χ2n) is 6.58. The van der Waals surface area contributed by atoms with Gasteiger partial charge in [0, 0.05) is 51.4 Å². The molecule has 2 aliphatic rings. The fraction of sp³-hybridized carbons (Fsp3) is 0.750. The summed E-state index contributed by atoms with van der Waals surface area (Å²) in [5, 5.41) is 7.80. The number of rotatable bonds is 4. The van der Waals surface area contributed by atoms with Crippen LogP contribution in [0.4, 0.5) is 0 Å². The van der Waals surface area contributed by atoms with E-state index in [4.69, 9.17) is 4.74 Å². The lowest BCUT2D eigenvalue weighted by Gasteiger charge is -2.24. The monoisotopic (exact) mass is 433 g/mol. The number of likely N-dealkylation sites (tertiary alicyclic amines) is 1. The molecule has 1 aromatic heterocycles. The summed E-state index contributed by atoms with van der Waals surface area (Å²) in [6.07, 6.45) is 7.44. The maximum absolute atomic E-state index is 5.60. The van der Waals surface area contributed by atoms with Gasteiger partial charge in [-0.2, -0.15) is 5.10 Å². The van der Waals surface area contributed by atoms with Crippen molar-refractivity contribution >= 4 is 29.9 Å². The topological polar surface area (TPSA) is 54.7 Å². The van der Waals surface area contributed by atoms with Crippen molar-refractivity contribution in [3.63, 3.8) is 0 Å². The Balaban J connectivity index is 0.00000192. The molecule has 2 fully saturated rings. The van der Waals surface area contributed by atoms with E-state index in [1.807, 2.05) is 17.9 Å². The van der Waals surface area contributed by atoms with Crippen molar-refractivity contribution < 1.29 is 4.74 Å². The first-order valence-electron chi connectivity index (χ1n) is 8.23. The SMILES string of the molecule is CN=C(NCCCn1cc(C)cn1)N1CCC2(CCOC2)C1.I. The van der Waals surface area contributed by atoms with Crippen LogP contribution in [0.25, 0.3) is 0 Å². The predicted octanol–water partition coefficient (Wildman–Crippen LogP) is 1.89. The maximum atomic E-state index is 5.60. The molecule has 1 spiro atoms. The molecule has 0 aliphatic carbocycles. The van der Waals surface area contributed by atoms with Crippen LogP contribution in [0.2, 0.25) is 0 Å². The van der Waals surface area contributed by atoms with Crippen molar-refractivity contribution in [2.45, 2.75) is 32.7 Å². The summed E-state index contributed by atoms with van der Waals surface area (Å²) in [6.45, 7) is 7.93. The second-order valence-corrected chi connectivity index (χ2v) is 6.58. The zero-order chi connectivity index (χ0) is 15.4. The van der Waals surface area contributed by atoms with Crippen molar-refractivity contribution in [2.24, 2.45) is 10.4 Å². The highest BCUT2D eigenvalue weighted by Crippen LogP contribution is 2.38. The van der Waals surface area contributed by atoms with Crippen LogP contribution in [0.15, 0.2) is 17.4 Å². The minimum Gasteiger partial charge on any atom is -0.381 e. The molecule has 3 rings (SSSR count). The van der Waals surface area contributed by atoms with E-state index in [1.165, 1.54) is 18.4 Å². The molecule has 23 heavy (non-hydrogen) atoms. The number of guanidine groups is 1. The Kier molecular flexibility index (Phi) is 6.70. The van der Waals surface area contributed by atoms with E-state index in [9.17, 15) is 0 Å². The summed E-state index contributed by atoms with van der Waals surface area (Å²) in [6, 6.07) is 0. The van der Waals surface area contributed by atoms with Crippen LogP contribution in [0.5, 0.6) is 0 Å². The molecule has 0 amide bonds. The van der Waals surface area contributed by atoms with E-state index in [0.29, 0.717) is 5.41 Å². The van der Waals surface area contributed by atoms with Crippen molar-refractivity contribution in [3.8, 4) is 0 Å². The van der Waals surface area contributed by atoms with Crippen LogP contribution >= 0.6 is 24.0 Å². The van der Waals surface area contributed by atoms with Crippen molar-refractivity contribution in [3.05, 3.63) is 18.0 Å². The van der Waals surface area contributed by atoms with Crippen LogP contribution < -0.4 is 5.32 Å². The quantitative estimate of drug-likeness (QED) is 0.341. The van der Waals surface area contributed by atoms with E-state index >= 15 is 0 Å². The average Bonchev–Trinajstić information content (AvgIpc) is 3.23. The Hall–Kier alpha value is -0.830. The molecular formula is C16H28IN5O. The highest BCUT2D eigenvalue weighted by Gasteiger charge is 2.42. The summed E-state index contributed by atoms with van der Waals surface area (Å²) in [4.78, 5) is 6.82. The van der Waals surface area contributed by atoms with Gasteiger partial charge in [0.2, 0.25) is 0 Å². The molecule has 1 N–H and O–H groups in total. The molecule has 1 unspecified atom stereocenters. The number of nitrogens with one attached hydrogen (secondary N) is 1. The Morgan fingerprint density at radius 2 is 2.35 bits per heavy atom. The zero-order valence-corrected chi connectivity index (χ0v) is 16.5. The Morgan fingerprint density at radius 1 is 1.48 bits per heavy atom. The smallest absolute Gasteiger partial charge is 0.193 e. The van der Waals surface area contributed by atoms with Crippen LogP contribution in [-0.4, -0.2) is 60.5 Å². The molecule has 3 heterocycles. The number of hydrogen-bond donors (Lipinski definition) is 1. The third-order valence-corrected chi connectivity index (χ3v) is 4.74. The van der Waals surface area contributed by atoms with Gasteiger partial charge in [0.05, 0.1) is 12.8 Å². The van der Waals surface area contributed by atoms with Crippen molar-refractivity contribution in [2.75, 3.05) is 39.9 Å². The molecule has 0 saturated carbocycles. The minimum atomic E-state index is 0. The maximum Gasteiger partial charge on any atom is 0.193 e. The fourth-order valence-corrected chi connectivity index (χ4v) is 3.45. The molecule has 2 saturated heterocycles. The number of aliphatic imine (C=N–C) groups is 1. The van der Waals surface area contributed by atoms with Gasteiger partial charge in [-0.25, -0.2) is 0 Å². The Labute approximate surface area is 155 Å². The Morgan fingerprint density at radius 3 is 3.00 bits per heavy atom. The number of ether oxygens (including phenoxy) is 1. The molecular weight excluding hydrogens is 405 g/mol. The van der Waals surface area contributed by atoms with Gasteiger partial charge in [0.15, 0.2) is 5.96 Å². The molecule has 1 aromatic rings. The fourth-order valence-electron chi connectivity index (χ4n) is 3.45. The van der Waals surface area contributed by atoms with E-state index in [1.54, 1.807) is 0 Å². The normalized spacial score (nSPS) is 24.3. The molecule has 2 aliphatic heterocycles. The van der Waals surface area contributed by atoms with Gasteiger partial charge in [0.1, 0.15) is 0 Å². The van der Waals surface area contributed by atoms with Gasteiger partial charge in [-0.15, -0.1) is 24.0 Å². The predicted molar refractivity (Wildman–Crippen MR) is 102 cm³/mol. The average molecular weight is 433 g/mol. The van der Waals surface area contributed by atoms with Crippen LogP contribution in [0.3, 0.4) is 0 Å². The lowest BCUT2D eigenvalue weighted by atomic mass is 9.87. The summed E-state index contributed by atoms with van der Waals surface area (Å²) in [5.41, 5.74) is 1.59. The molecule has 0 aromatic carbocycles. The largest absolute Gasteiger partial charge is 0.381 e. The van der Waals surface area contributed by atoms with Crippen LogP contribution in [0.1, 0.15) is 24.8 Å². The van der Waals surface area contributed by atoms with Crippen LogP contribution in [0, 0.1) is 12.3 Å². The summed E-state index contributed by atoms with van der Waals surface area (Å²) in [5.74, 6) is 1.03. The first-order chi connectivity index (χ1) is 10.7. The molecule has 0 bridgehead atoms. The summed E-state index contributed by atoms with van der Waals surface area (Å²) < 4.78 is 7.60. The second kappa shape index (κ2) is 8.32. The molecule has 0 radical (unpaired) electrons. The Bertz CT molecular complexity index is 524. The summed E-state index contributed by atoms with van der Waals surface area (Å²) >= 11 is 0. The highest BCUT2D eigenvalue weighted by molar-refractivity contribution is 14.0. The van der Waals surface area contributed by atoms with Gasteiger partial charge in [-0.1, -0.05) is 0 Å². The van der Waals surface area contributed by atoms with Gasteiger partial charge in [0.25, 0.3) is 0 Å². The highest BCUT2D eigenvalue weighted by atomic mass is 127. The van der Waals surface area contributed by atoms with Gasteiger partial charge >= 0.3 is 0 Å². The number of nitrogens with zero attached hydrogens (tertiary/aromatic N) is 4. The minimum absolute atomic E-state index is 0. The van der Waals surface area contributed by atoms with E-state index < -0.39 is 0 Å². The van der Waals surface area contributed by atoms with E-state index in [2.05, 4.69) is 33.4 Å². The molecule has 7 heteroatoms. The lowest BCUT2D eigenvalue weighted by Crippen LogP contribution is -2.41. The van der Waals surface area contributed by atoms with E-state index in [0.717, 1.165) is 51.8 Å². The molecule has 130 valence electrons. The van der Waals surface area contributed by atoms with Gasteiger partial charge in [-0.3, -0.25) is 9.67 Å². The lowest BCUT2D eigenvalue weighted by molar-refractivity contribution is 0.156. The first-order valence-corrected chi connectivity index (χ1v) is 8.23.